The third kappa shape index (κ3) is 4.57. The number of halogens is 1. The third-order valence-electron chi connectivity index (χ3n) is 3.58. The Morgan fingerprint density at radius 2 is 1.77 bits per heavy atom. The number of hydrogen-bond acceptors (Lipinski definition) is 4. The summed E-state index contributed by atoms with van der Waals surface area (Å²) in [6, 6.07) is 16.4. The lowest BCUT2D eigenvalue weighted by Crippen LogP contribution is -2.14. The van der Waals surface area contributed by atoms with Crippen molar-refractivity contribution < 1.29 is 18.7 Å². The molecule has 3 rings (SSSR count). The fourth-order valence-corrected chi connectivity index (χ4v) is 2.32. The highest BCUT2D eigenvalue weighted by molar-refractivity contribution is 5.92. The molecule has 2 aromatic carbocycles. The third-order valence-corrected chi connectivity index (χ3v) is 3.58. The lowest BCUT2D eigenvalue weighted by molar-refractivity contribution is -0.115. The average molecular weight is 352 g/mol. The lowest BCUT2D eigenvalue weighted by atomic mass is 10.1. The maximum Gasteiger partial charge on any atom is 0.228 e. The molecule has 0 unspecified atom stereocenters. The predicted octanol–water partition coefficient (Wildman–Crippen LogP) is 4.20. The normalized spacial score (nSPS) is 10.2. The van der Waals surface area contributed by atoms with E-state index in [0.717, 1.165) is 5.56 Å². The monoisotopic (exact) mass is 352 g/mol. The molecule has 0 saturated carbocycles. The van der Waals surface area contributed by atoms with Crippen LogP contribution in [0.4, 0.5) is 10.1 Å². The van der Waals surface area contributed by atoms with Crippen molar-refractivity contribution in [2.75, 3.05) is 12.4 Å². The Hall–Kier alpha value is -3.41. The van der Waals surface area contributed by atoms with Gasteiger partial charge in [0, 0.05) is 6.07 Å². The zero-order valence-corrected chi connectivity index (χ0v) is 14.1. The molecule has 1 N–H and O–H groups in total. The molecule has 1 aromatic heterocycles. The Labute approximate surface area is 150 Å². The molecule has 132 valence electrons. The first kappa shape index (κ1) is 17.4. The van der Waals surface area contributed by atoms with E-state index in [1.54, 1.807) is 43.5 Å². The van der Waals surface area contributed by atoms with Crippen molar-refractivity contribution >= 4 is 11.6 Å². The Kier molecular flexibility index (Phi) is 5.43. The average Bonchev–Trinajstić information content (AvgIpc) is 2.65. The second-order valence-electron chi connectivity index (χ2n) is 5.49. The van der Waals surface area contributed by atoms with Crippen molar-refractivity contribution in [3.05, 3.63) is 78.2 Å². The van der Waals surface area contributed by atoms with E-state index in [9.17, 15) is 9.18 Å². The van der Waals surface area contributed by atoms with E-state index in [1.165, 1.54) is 18.3 Å². The van der Waals surface area contributed by atoms with Gasteiger partial charge in [-0.15, -0.1) is 0 Å². The number of amides is 1. The zero-order chi connectivity index (χ0) is 18.4. The fraction of sp³-hybridized carbons (Fsp3) is 0.100. The highest BCUT2D eigenvalue weighted by Gasteiger charge is 2.07. The number of carbonyl (C=O) groups excluding carboxylic acids is 1. The van der Waals surface area contributed by atoms with Crippen molar-refractivity contribution in [2.45, 2.75) is 6.42 Å². The first-order chi connectivity index (χ1) is 12.6. The summed E-state index contributed by atoms with van der Waals surface area (Å²) in [5, 5.41) is 2.74. The molecule has 0 aliphatic carbocycles. The molecule has 6 heteroatoms. The number of ether oxygens (including phenoxy) is 2. The summed E-state index contributed by atoms with van der Waals surface area (Å²) < 4.78 is 23.8. The highest BCUT2D eigenvalue weighted by atomic mass is 19.1. The Morgan fingerprint density at radius 3 is 2.42 bits per heavy atom. The van der Waals surface area contributed by atoms with Crippen molar-refractivity contribution in [2.24, 2.45) is 0 Å². The summed E-state index contributed by atoms with van der Waals surface area (Å²) in [6.45, 7) is 0. The maximum atomic E-state index is 12.9. The predicted molar refractivity (Wildman–Crippen MR) is 96.0 cm³/mol. The number of carbonyl (C=O) groups is 1. The minimum atomic E-state index is -0.330. The van der Waals surface area contributed by atoms with Gasteiger partial charge in [-0.3, -0.25) is 4.79 Å². The molecule has 5 nitrogen and oxygen atoms in total. The topological polar surface area (TPSA) is 60.5 Å². The second kappa shape index (κ2) is 8.11. The van der Waals surface area contributed by atoms with Crippen molar-refractivity contribution in [3.8, 4) is 17.4 Å². The van der Waals surface area contributed by atoms with Gasteiger partial charge in [0.25, 0.3) is 0 Å². The Bertz CT molecular complexity index is 880. The zero-order valence-electron chi connectivity index (χ0n) is 14.1. The molecular weight excluding hydrogens is 335 g/mol. The minimum Gasteiger partial charge on any atom is -0.493 e. The van der Waals surface area contributed by atoms with Crippen LogP contribution in [-0.4, -0.2) is 18.0 Å². The number of rotatable bonds is 6. The Morgan fingerprint density at radius 1 is 1.04 bits per heavy atom. The molecule has 0 spiro atoms. The molecule has 3 aromatic rings. The van der Waals surface area contributed by atoms with E-state index in [0.29, 0.717) is 23.1 Å². The molecule has 0 atom stereocenters. The number of pyridine rings is 1. The van der Waals surface area contributed by atoms with Gasteiger partial charge in [0.2, 0.25) is 11.8 Å². The largest absolute Gasteiger partial charge is 0.493 e. The molecule has 0 fully saturated rings. The van der Waals surface area contributed by atoms with Gasteiger partial charge in [-0.25, -0.2) is 9.37 Å². The maximum absolute atomic E-state index is 12.9. The summed E-state index contributed by atoms with van der Waals surface area (Å²) >= 11 is 0. The molecule has 0 bridgehead atoms. The standard InChI is InChI=1S/C20H17FN2O3/c1-25-17-4-2-3-5-18(17)26-20-11-10-16(13-22-20)23-19(24)12-14-6-8-15(21)9-7-14/h2-11,13H,12H2,1H3,(H,23,24). The van der Waals surface area contributed by atoms with Crippen LogP contribution < -0.4 is 14.8 Å². The minimum absolute atomic E-state index is 0.153. The van der Waals surface area contributed by atoms with E-state index < -0.39 is 0 Å². The molecule has 1 amide bonds. The van der Waals surface area contributed by atoms with Crippen LogP contribution in [0.3, 0.4) is 0 Å². The van der Waals surface area contributed by atoms with Crippen LogP contribution in [0, 0.1) is 5.82 Å². The van der Waals surface area contributed by atoms with Crippen LogP contribution in [-0.2, 0) is 11.2 Å². The van der Waals surface area contributed by atoms with E-state index in [4.69, 9.17) is 9.47 Å². The van der Waals surface area contributed by atoms with Crippen molar-refractivity contribution in [3.63, 3.8) is 0 Å². The van der Waals surface area contributed by atoms with Crippen LogP contribution in [0.15, 0.2) is 66.9 Å². The van der Waals surface area contributed by atoms with E-state index >= 15 is 0 Å². The molecule has 0 saturated heterocycles. The van der Waals surface area contributed by atoms with Gasteiger partial charge in [-0.1, -0.05) is 24.3 Å². The molecule has 0 radical (unpaired) electrons. The number of aromatic nitrogens is 1. The van der Waals surface area contributed by atoms with Gasteiger partial charge in [-0.05, 0) is 35.9 Å². The fourth-order valence-electron chi connectivity index (χ4n) is 2.32. The molecule has 0 aliphatic heterocycles. The van der Waals surface area contributed by atoms with Gasteiger partial charge in [-0.2, -0.15) is 0 Å². The summed E-state index contributed by atoms with van der Waals surface area (Å²) in [6.07, 6.45) is 1.66. The number of methoxy groups -OCH3 is 1. The number of nitrogens with zero attached hydrogens (tertiary/aromatic N) is 1. The van der Waals surface area contributed by atoms with Crippen molar-refractivity contribution in [1.29, 1.82) is 0 Å². The first-order valence-electron chi connectivity index (χ1n) is 7.95. The van der Waals surface area contributed by atoms with Gasteiger partial charge in [0.05, 0.1) is 25.4 Å². The summed E-state index contributed by atoms with van der Waals surface area (Å²) in [5.74, 6) is 0.994. The molecule has 1 heterocycles. The quantitative estimate of drug-likeness (QED) is 0.722. The van der Waals surface area contributed by atoms with E-state index in [-0.39, 0.29) is 18.1 Å². The Balaban J connectivity index is 1.60. The summed E-state index contributed by atoms with van der Waals surface area (Å²) in [5.41, 5.74) is 1.28. The number of anilines is 1. The number of nitrogens with one attached hydrogen (secondary N) is 1. The van der Waals surface area contributed by atoms with Crippen LogP contribution in [0.2, 0.25) is 0 Å². The van der Waals surface area contributed by atoms with Gasteiger partial charge in [0.1, 0.15) is 5.82 Å². The van der Waals surface area contributed by atoms with Gasteiger partial charge in [0.15, 0.2) is 11.5 Å². The van der Waals surface area contributed by atoms with Gasteiger partial charge < -0.3 is 14.8 Å². The smallest absolute Gasteiger partial charge is 0.228 e. The number of hydrogen-bond donors (Lipinski definition) is 1. The molecule has 0 aliphatic rings. The first-order valence-corrected chi connectivity index (χ1v) is 7.95. The second-order valence-corrected chi connectivity index (χ2v) is 5.49. The summed E-state index contributed by atoms with van der Waals surface area (Å²) in [7, 11) is 1.56. The highest BCUT2D eigenvalue weighted by Crippen LogP contribution is 2.30. The molecular formula is C20H17FN2O3. The SMILES string of the molecule is COc1ccccc1Oc1ccc(NC(=O)Cc2ccc(F)cc2)cn1. The number of benzene rings is 2. The lowest BCUT2D eigenvalue weighted by Gasteiger charge is -2.10. The summed E-state index contributed by atoms with van der Waals surface area (Å²) in [4.78, 5) is 16.2. The van der Waals surface area contributed by atoms with Gasteiger partial charge >= 0.3 is 0 Å². The van der Waals surface area contributed by atoms with Crippen LogP contribution >= 0.6 is 0 Å². The molecule has 26 heavy (non-hydrogen) atoms. The number of para-hydroxylation sites is 2. The van der Waals surface area contributed by atoms with Crippen molar-refractivity contribution in [1.82, 2.24) is 4.98 Å². The van der Waals surface area contributed by atoms with Crippen LogP contribution in [0.25, 0.3) is 0 Å². The van der Waals surface area contributed by atoms with E-state index in [2.05, 4.69) is 10.3 Å². The van der Waals surface area contributed by atoms with Crippen LogP contribution in [0.5, 0.6) is 17.4 Å². The van der Waals surface area contributed by atoms with E-state index in [1.807, 2.05) is 12.1 Å². The van der Waals surface area contributed by atoms with Crippen LogP contribution in [0.1, 0.15) is 5.56 Å².